The molecule has 0 heterocycles. The molecule has 0 amide bonds. The molecule has 0 aliphatic heterocycles. The molecule has 0 aromatic rings. The molecule has 496 valence electrons. The summed E-state index contributed by atoms with van der Waals surface area (Å²) in [5, 5.41) is 20.5. The van der Waals surface area contributed by atoms with Gasteiger partial charge in [0.15, 0.2) is 6.10 Å². The molecule has 0 saturated heterocycles. The quantitative estimate of drug-likeness (QED) is 0.0146. The van der Waals surface area contributed by atoms with Crippen LogP contribution in [-0.2, 0) is 55.8 Å². The molecule has 16 nitrogen and oxygen atoms in total. The summed E-state index contributed by atoms with van der Waals surface area (Å²) in [6.45, 7) is 2.28. The van der Waals surface area contributed by atoms with E-state index in [1.54, 1.807) is 0 Å². The molecule has 0 aliphatic rings. The zero-order valence-corrected chi connectivity index (χ0v) is 55.2. The maximum absolute atomic E-state index is 12.9. The highest BCUT2D eigenvalue weighted by molar-refractivity contribution is 7.47. The predicted octanol–water partition coefficient (Wildman–Crippen LogP) is 17.6. The van der Waals surface area contributed by atoms with Gasteiger partial charge in [0, 0.05) is 19.3 Å². The van der Waals surface area contributed by atoms with E-state index < -0.39 is 91.5 Å². The smallest absolute Gasteiger partial charge is 0.463 e. The lowest BCUT2D eigenvalue weighted by Crippen LogP contribution is -2.30. The summed E-state index contributed by atoms with van der Waals surface area (Å²) in [6.07, 6.45) is 70.9. The van der Waals surface area contributed by atoms with Gasteiger partial charge >= 0.3 is 33.6 Å². The maximum atomic E-state index is 12.9. The Labute approximate surface area is 525 Å². The summed E-state index contributed by atoms with van der Waals surface area (Å²) >= 11 is 0. The second kappa shape index (κ2) is 61.9. The lowest BCUT2D eigenvalue weighted by atomic mass is 10.1. The molecule has 0 bridgehead atoms. The fourth-order valence-electron chi connectivity index (χ4n) is 7.93. The van der Waals surface area contributed by atoms with Crippen molar-refractivity contribution in [2.45, 2.75) is 245 Å². The molecule has 0 spiro atoms. The topological polar surface area (TPSA) is 231 Å². The molecule has 0 saturated carbocycles. The van der Waals surface area contributed by atoms with E-state index in [1.807, 2.05) is 18.2 Å². The number of rotatable bonds is 60. The summed E-state index contributed by atoms with van der Waals surface area (Å²) in [4.78, 5) is 58.2. The van der Waals surface area contributed by atoms with E-state index in [1.165, 1.54) is 25.7 Å². The first-order valence-electron chi connectivity index (χ1n) is 32.5. The van der Waals surface area contributed by atoms with Crippen LogP contribution in [0.3, 0.4) is 0 Å². The van der Waals surface area contributed by atoms with Crippen LogP contribution < -0.4 is 0 Å². The third-order valence-electron chi connectivity index (χ3n) is 12.9. The van der Waals surface area contributed by atoms with Crippen molar-refractivity contribution in [3.8, 4) is 0 Å². The monoisotopic (exact) mass is 1260 g/mol. The number of hydrogen-bond donors (Lipinski definition) is 4. The number of phosphoric ester groups is 2. The van der Waals surface area contributed by atoms with Gasteiger partial charge < -0.3 is 34.2 Å². The third-order valence-corrected chi connectivity index (χ3v) is 14.8. The average Bonchev–Trinajstić information content (AvgIpc) is 3.63. The van der Waals surface area contributed by atoms with Crippen molar-refractivity contribution >= 4 is 33.6 Å². The first-order chi connectivity index (χ1) is 42.2. The van der Waals surface area contributed by atoms with Gasteiger partial charge in [-0.05, 0) is 122 Å². The molecule has 0 aromatic carbocycles. The predicted molar refractivity (Wildman–Crippen MR) is 353 cm³/mol. The Morgan fingerprint density at radius 3 is 1.05 bits per heavy atom. The number of unbranched alkanes of at least 4 members (excludes halogenated alkanes) is 15. The molecule has 5 atom stereocenters. The standard InChI is InChI=1S/C69H114O16P2/c1-4-7-10-13-16-19-22-25-27-29-31-33-35-38-40-43-46-49-52-55-67(72)79-58-64(70)59-81-86(75,76)82-60-65(71)61-83-87(77,78)84-63-66(85-69(74)57-54-51-48-45-42-37-24-21-18-15-12-9-6-3)62-80-68(73)56-53-50-47-44-41-39-36-34-32-30-28-26-23-20-17-14-11-8-5-2/h7-8,10-11,16-17,19-21,24-28,31-34,38,40,46,49,64-66,70-71H,4-6,9,12-15,18,22-23,29-30,35-37,39,41-45,47-48,50-63H2,1-3H3,(H,75,76)(H,77,78)/b10-7-,11-8-,19-16-,20-17-,24-21-,27-25-,28-26-,33-31-,34-32-,40-38-,49-46-. The van der Waals surface area contributed by atoms with Gasteiger partial charge in [-0.15, -0.1) is 0 Å². The van der Waals surface area contributed by atoms with Crippen LogP contribution in [0.2, 0.25) is 0 Å². The number of ether oxygens (including phenoxy) is 3. The number of phosphoric acid groups is 2. The highest BCUT2D eigenvalue weighted by Crippen LogP contribution is 2.45. The number of aliphatic hydroxyl groups excluding tert-OH is 2. The van der Waals surface area contributed by atoms with Crippen LogP contribution in [0.1, 0.15) is 226 Å². The Morgan fingerprint density at radius 1 is 0.333 bits per heavy atom. The highest BCUT2D eigenvalue weighted by Gasteiger charge is 2.29. The van der Waals surface area contributed by atoms with Gasteiger partial charge in [-0.1, -0.05) is 219 Å². The van der Waals surface area contributed by atoms with Crippen LogP contribution in [0.15, 0.2) is 134 Å². The van der Waals surface area contributed by atoms with E-state index in [9.17, 15) is 43.5 Å². The average molecular weight is 1260 g/mol. The SMILES string of the molecule is CC/C=C\C/C=C\C/C=C\C/C=C\C/C=C\C/C=C\CCC(=O)OCC(O)COP(=O)(O)OCC(O)COP(=O)(O)OCC(COC(=O)CCCCCCCC/C=C\C/C=C\C/C=C\C/C=C\CC)OC(=O)CCCCCCC/C=C\CCCCCC. The van der Waals surface area contributed by atoms with E-state index in [2.05, 4.69) is 136 Å². The van der Waals surface area contributed by atoms with Gasteiger partial charge in [-0.2, -0.15) is 0 Å². The maximum Gasteiger partial charge on any atom is 0.472 e. The molecule has 0 rings (SSSR count). The minimum Gasteiger partial charge on any atom is -0.463 e. The molecule has 4 N–H and O–H groups in total. The van der Waals surface area contributed by atoms with E-state index in [0.717, 1.165) is 135 Å². The number of hydrogen-bond acceptors (Lipinski definition) is 14. The lowest BCUT2D eigenvalue weighted by Gasteiger charge is -2.21. The number of allylic oxidation sites excluding steroid dienone is 22. The van der Waals surface area contributed by atoms with Gasteiger partial charge in [0.25, 0.3) is 0 Å². The first-order valence-corrected chi connectivity index (χ1v) is 35.5. The van der Waals surface area contributed by atoms with Crippen LogP contribution in [0.4, 0.5) is 0 Å². The van der Waals surface area contributed by atoms with Crippen LogP contribution in [0.25, 0.3) is 0 Å². The molecule has 0 aliphatic carbocycles. The van der Waals surface area contributed by atoms with Gasteiger partial charge in [-0.3, -0.25) is 32.5 Å². The summed E-state index contributed by atoms with van der Waals surface area (Å²) in [5.74, 6) is -1.69. The fourth-order valence-corrected chi connectivity index (χ4v) is 9.52. The van der Waals surface area contributed by atoms with E-state index >= 15 is 0 Å². The Morgan fingerprint density at radius 2 is 0.632 bits per heavy atom. The van der Waals surface area contributed by atoms with Crippen LogP contribution in [0.5, 0.6) is 0 Å². The Bertz CT molecular complexity index is 2120. The minimum absolute atomic E-state index is 0.0565. The number of aliphatic hydroxyl groups is 2. The van der Waals surface area contributed by atoms with Crippen molar-refractivity contribution in [3.63, 3.8) is 0 Å². The summed E-state index contributed by atoms with van der Waals surface area (Å²) in [5.41, 5.74) is 0. The highest BCUT2D eigenvalue weighted by atomic mass is 31.2. The summed E-state index contributed by atoms with van der Waals surface area (Å²) in [6, 6.07) is 0. The lowest BCUT2D eigenvalue weighted by molar-refractivity contribution is -0.161. The van der Waals surface area contributed by atoms with Gasteiger partial charge in [0.05, 0.1) is 26.4 Å². The molecule has 0 fully saturated rings. The van der Waals surface area contributed by atoms with E-state index in [0.29, 0.717) is 25.7 Å². The number of esters is 3. The summed E-state index contributed by atoms with van der Waals surface area (Å²) < 4.78 is 60.7. The molecular weight excluding hydrogens is 1150 g/mol. The molecule has 5 unspecified atom stereocenters. The largest absolute Gasteiger partial charge is 0.472 e. The number of carbonyl (C=O) groups excluding carboxylic acids is 3. The van der Waals surface area contributed by atoms with E-state index in [-0.39, 0.29) is 19.3 Å². The van der Waals surface area contributed by atoms with Gasteiger partial charge in [0.2, 0.25) is 0 Å². The Hall–Kier alpha value is -4.31. The zero-order valence-electron chi connectivity index (χ0n) is 53.4. The molecule has 87 heavy (non-hydrogen) atoms. The van der Waals surface area contributed by atoms with Crippen molar-refractivity contribution in [2.24, 2.45) is 0 Å². The van der Waals surface area contributed by atoms with Crippen LogP contribution in [-0.4, -0.2) is 95.9 Å². The van der Waals surface area contributed by atoms with Crippen molar-refractivity contribution in [1.29, 1.82) is 0 Å². The van der Waals surface area contributed by atoms with Crippen molar-refractivity contribution in [3.05, 3.63) is 134 Å². The molecule has 0 aromatic heterocycles. The first kappa shape index (κ1) is 82.7. The molecule has 0 radical (unpaired) electrons. The Kier molecular flexibility index (Phi) is 58.8. The van der Waals surface area contributed by atoms with Gasteiger partial charge in [-0.25, -0.2) is 9.13 Å². The van der Waals surface area contributed by atoms with Crippen LogP contribution >= 0.6 is 15.6 Å². The zero-order chi connectivity index (χ0) is 63.8. The van der Waals surface area contributed by atoms with Crippen molar-refractivity contribution < 1.29 is 75.8 Å². The number of carbonyl (C=O) groups is 3. The second-order valence-electron chi connectivity index (χ2n) is 21.1. The van der Waals surface area contributed by atoms with E-state index in [4.69, 9.17) is 32.3 Å². The fraction of sp³-hybridized carbons (Fsp3) is 0.638. The minimum atomic E-state index is -4.94. The second-order valence-corrected chi connectivity index (χ2v) is 24.1. The summed E-state index contributed by atoms with van der Waals surface area (Å²) in [7, 11) is -9.80. The van der Waals surface area contributed by atoms with Gasteiger partial charge in [0.1, 0.15) is 25.4 Å². The van der Waals surface area contributed by atoms with Crippen molar-refractivity contribution in [2.75, 3.05) is 39.6 Å². The molecule has 18 heteroatoms. The molecular formula is C69H114O16P2. The van der Waals surface area contributed by atoms with Crippen molar-refractivity contribution in [1.82, 2.24) is 0 Å². The third kappa shape index (κ3) is 63.1. The Balaban J connectivity index is 4.75. The normalized spacial score (nSPS) is 15.2. The van der Waals surface area contributed by atoms with Crippen LogP contribution in [0, 0.1) is 0 Å².